The third-order valence-corrected chi connectivity index (χ3v) is 2.72. The van der Waals surface area contributed by atoms with Crippen molar-refractivity contribution in [2.75, 3.05) is 0 Å². The van der Waals surface area contributed by atoms with Crippen LogP contribution in [0.15, 0.2) is 12.7 Å². The Morgan fingerprint density at radius 1 is 1.36 bits per heavy atom. The van der Waals surface area contributed by atoms with Gasteiger partial charge in [-0.25, -0.2) is 0 Å². The van der Waals surface area contributed by atoms with E-state index in [-0.39, 0.29) is 5.41 Å². The highest BCUT2D eigenvalue weighted by Gasteiger charge is 2.25. The minimum atomic E-state index is -0.127. The number of carbonyl (C=O) groups is 1. The Bertz CT molecular complexity index is 180. The molecular weight excluding hydrogens is 172 g/mol. The van der Waals surface area contributed by atoms with Gasteiger partial charge in [0.15, 0.2) is 0 Å². The lowest BCUT2D eigenvalue weighted by atomic mass is 9.81. The Morgan fingerprint density at radius 2 is 2.00 bits per heavy atom. The molecule has 0 atom stereocenters. The van der Waals surface area contributed by atoms with E-state index in [2.05, 4.69) is 27.4 Å². The maximum Gasteiger partial charge on any atom is 0.138 e. The van der Waals surface area contributed by atoms with E-state index >= 15 is 0 Å². The summed E-state index contributed by atoms with van der Waals surface area (Å²) in [5.74, 6) is 0.420. The van der Waals surface area contributed by atoms with Crippen LogP contribution in [0.5, 0.6) is 0 Å². The highest BCUT2D eigenvalue weighted by atomic mass is 16.1. The van der Waals surface area contributed by atoms with Gasteiger partial charge in [-0.2, -0.15) is 0 Å². The first kappa shape index (κ1) is 13.4. The Morgan fingerprint density at radius 3 is 2.50 bits per heavy atom. The third-order valence-electron chi connectivity index (χ3n) is 2.72. The van der Waals surface area contributed by atoms with Crippen LogP contribution in [-0.4, -0.2) is 5.78 Å². The van der Waals surface area contributed by atoms with Crippen molar-refractivity contribution in [2.45, 2.75) is 59.3 Å². The van der Waals surface area contributed by atoms with Gasteiger partial charge in [0.1, 0.15) is 5.78 Å². The van der Waals surface area contributed by atoms with Crippen LogP contribution in [0.4, 0.5) is 0 Å². The summed E-state index contributed by atoms with van der Waals surface area (Å²) < 4.78 is 0. The molecule has 0 bridgehead atoms. The molecule has 0 aromatic rings. The van der Waals surface area contributed by atoms with Crippen molar-refractivity contribution in [3.05, 3.63) is 12.7 Å². The predicted molar refractivity (Wildman–Crippen MR) is 62.4 cm³/mol. The van der Waals surface area contributed by atoms with E-state index in [1.54, 1.807) is 0 Å². The number of rotatable bonds is 8. The van der Waals surface area contributed by atoms with Gasteiger partial charge in [-0.15, -0.1) is 6.58 Å². The summed E-state index contributed by atoms with van der Waals surface area (Å²) in [4.78, 5) is 11.8. The maximum atomic E-state index is 11.8. The fourth-order valence-electron chi connectivity index (χ4n) is 1.50. The summed E-state index contributed by atoms with van der Waals surface area (Å²) in [5, 5.41) is 0. The quantitative estimate of drug-likeness (QED) is 0.421. The Labute approximate surface area is 88.6 Å². The van der Waals surface area contributed by atoms with Gasteiger partial charge in [0.05, 0.1) is 0 Å². The number of allylic oxidation sites excluding steroid dienone is 1. The normalized spacial score (nSPS) is 11.4. The second-order valence-corrected chi connectivity index (χ2v) is 4.59. The van der Waals surface area contributed by atoms with Crippen molar-refractivity contribution in [2.24, 2.45) is 5.41 Å². The van der Waals surface area contributed by atoms with E-state index in [4.69, 9.17) is 0 Å². The molecule has 82 valence electrons. The van der Waals surface area contributed by atoms with E-state index in [0.717, 1.165) is 38.5 Å². The summed E-state index contributed by atoms with van der Waals surface area (Å²) in [6.07, 6.45) is 7.89. The zero-order chi connectivity index (χ0) is 11.0. The van der Waals surface area contributed by atoms with Crippen molar-refractivity contribution < 1.29 is 4.79 Å². The molecule has 1 nitrogen and oxygen atoms in total. The SMILES string of the molecule is C=CCCCC(C)(C)C(=O)CCCC. The standard InChI is InChI=1S/C13H24O/c1-5-7-9-11-13(3,4)12(14)10-8-6-2/h5H,1,6-11H2,2-4H3. The number of ketones is 1. The highest BCUT2D eigenvalue weighted by Crippen LogP contribution is 2.26. The average Bonchev–Trinajstić information content (AvgIpc) is 2.14. The number of carbonyl (C=O) groups excluding carboxylic acids is 1. The monoisotopic (exact) mass is 196 g/mol. The summed E-state index contributed by atoms with van der Waals surface area (Å²) in [6, 6.07) is 0. The summed E-state index contributed by atoms with van der Waals surface area (Å²) in [6.45, 7) is 9.94. The fraction of sp³-hybridized carbons (Fsp3) is 0.769. The van der Waals surface area contributed by atoms with Crippen LogP contribution in [-0.2, 0) is 4.79 Å². The molecule has 0 aliphatic rings. The largest absolute Gasteiger partial charge is 0.299 e. The van der Waals surface area contributed by atoms with E-state index in [0.29, 0.717) is 5.78 Å². The molecular formula is C13H24O. The molecule has 0 rings (SSSR count). The maximum absolute atomic E-state index is 11.8. The van der Waals surface area contributed by atoms with E-state index in [1.165, 1.54) is 0 Å². The second-order valence-electron chi connectivity index (χ2n) is 4.59. The first-order valence-corrected chi connectivity index (χ1v) is 5.68. The average molecular weight is 196 g/mol. The van der Waals surface area contributed by atoms with Crippen LogP contribution in [0.2, 0.25) is 0 Å². The van der Waals surface area contributed by atoms with Gasteiger partial charge in [0.25, 0.3) is 0 Å². The first-order chi connectivity index (χ1) is 6.54. The lowest BCUT2D eigenvalue weighted by Crippen LogP contribution is -2.23. The molecule has 0 saturated heterocycles. The molecule has 14 heavy (non-hydrogen) atoms. The Hall–Kier alpha value is -0.590. The molecule has 1 heteroatoms. The van der Waals surface area contributed by atoms with Gasteiger partial charge >= 0.3 is 0 Å². The Balaban J connectivity index is 3.89. The van der Waals surface area contributed by atoms with Crippen molar-refractivity contribution in [1.82, 2.24) is 0 Å². The summed E-state index contributed by atoms with van der Waals surface area (Å²) in [7, 11) is 0. The number of Topliss-reactive ketones (excluding diaryl/α,β-unsaturated/α-hetero) is 1. The number of hydrogen-bond donors (Lipinski definition) is 0. The van der Waals surface area contributed by atoms with Crippen LogP contribution >= 0.6 is 0 Å². The van der Waals surface area contributed by atoms with Crippen LogP contribution in [0.25, 0.3) is 0 Å². The van der Waals surface area contributed by atoms with Crippen molar-refractivity contribution >= 4 is 5.78 Å². The van der Waals surface area contributed by atoms with Crippen LogP contribution in [0.1, 0.15) is 59.3 Å². The fourth-order valence-corrected chi connectivity index (χ4v) is 1.50. The molecule has 0 N–H and O–H groups in total. The lowest BCUT2D eigenvalue weighted by Gasteiger charge is -2.22. The van der Waals surface area contributed by atoms with E-state index in [1.807, 2.05) is 6.08 Å². The van der Waals surface area contributed by atoms with Crippen molar-refractivity contribution in [3.63, 3.8) is 0 Å². The topological polar surface area (TPSA) is 17.1 Å². The molecule has 0 amide bonds. The van der Waals surface area contributed by atoms with Gasteiger partial charge in [-0.1, -0.05) is 33.3 Å². The predicted octanol–water partition coefficient (Wildman–Crippen LogP) is 4.13. The number of unbranched alkanes of at least 4 members (excludes halogenated alkanes) is 2. The first-order valence-electron chi connectivity index (χ1n) is 5.68. The smallest absolute Gasteiger partial charge is 0.138 e. The van der Waals surface area contributed by atoms with Crippen LogP contribution in [0.3, 0.4) is 0 Å². The molecule has 0 radical (unpaired) electrons. The molecule has 0 aromatic heterocycles. The van der Waals surface area contributed by atoms with Gasteiger partial charge < -0.3 is 0 Å². The zero-order valence-corrected chi connectivity index (χ0v) is 9.94. The molecule has 0 unspecified atom stereocenters. The third kappa shape index (κ3) is 5.21. The molecule has 0 spiro atoms. The summed E-state index contributed by atoms with van der Waals surface area (Å²) in [5.41, 5.74) is -0.127. The van der Waals surface area contributed by atoms with Crippen LogP contribution in [0, 0.1) is 5.41 Å². The molecule has 0 heterocycles. The molecule has 0 saturated carbocycles. The minimum Gasteiger partial charge on any atom is -0.299 e. The highest BCUT2D eigenvalue weighted by molar-refractivity contribution is 5.83. The van der Waals surface area contributed by atoms with Gasteiger partial charge in [0.2, 0.25) is 0 Å². The van der Waals surface area contributed by atoms with Crippen molar-refractivity contribution in [1.29, 1.82) is 0 Å². The van der Waals surface area contributed by atoms with Gasteiger partial charge in [-0.05, 0) is 25.7 Å². The van der Waals surface area contributed by atoms with Gasteiger partial charge in [-0.3, -0.25) is 4.79 Å². The summed E-state index contributed by atoms with van der Waals surface area (Å²) >= 11 is 0. The Kier molecular flexibility index (Phi) is 6.52. The number of hydrogen-bond acceptors (Lipinski definition) is 1. The second kappa shape index (κ2) is 6.80. The molecule has 0 aliphatic carbocycles. The van der Waals surface area contributed by atoms with Gasteiger partial charge in [0, 0.05) is 11.8 Å². The van der Waals surface area contributed by atoms with Crippen LogP contribution < -0.4 is 0 Å². The van der Waals surface area contributed by atoms with Crippen molar-refractivity contribution in [3.8, 4) is 0 Å². The van der Waals surface area contributed by atoms with E-state index in [9.17, 15) is 4.79 Å². The molecule has 0 aliphatic heterocycles. The zero-order valence-electron chi connectivity index (χ0n) is 9.94. The lowest BCUT2D eigenvalue weighted by molar-refractivity contribution is -0.127. The minimum absolute atomic E-state index is 0.127. The molecule has 0 aromatic carbocycles. The van der Waals surface area contributed by atoms with E-state index < -0.39 is 0 Å². The molecule has 0 fully saturated rings.